The molecule has 3 aliphatic rings. The second-order valence-electron chi connectivity index (χ2n) is 9.91. The zero-order valence-electron chi connectivity index (χ0n) is 19.9. The predicted molar refractivity (Wildman–Crippen MR) is 125 cm³/mol. The van der Waals surface area contributed by atoms with Crippen LogP contribution in [0.2, 0.25) is 0 Å². The molecule has 2 aliphatic carbocycles. The molecule has 1 fully saturated rings. The van der Waals surface area contributed by atoms with Gasteiger partial charge in [-0.25, -0.2) is 0 Å². The quantitative estimate of drug-likeness (QED) is 0.399. The van der Waals surface area contributed by atoms with Gasteiger partial charge in [-0.3, -0.25) is 14.4 Å². The minimum atomic E-state index is -1.00. The van der Waals surface area contributed by atoms with Crippen LogP contribution in [0, 0.1) is 11.8 Å². The first-order valence-corrected chi connectivity index (χ1v) is 12.1. The fourth-order valence-corrected chi connectivity index (χ4v) is 5.60. The van der Waals surface area contributed by atoms with E-state index in [1.165, 1.54) is 12.1 Å². The van der Waals surface area contributed by atoms with Crippen molar-refractivity contribution in [1.29, 1.82) is 0 Å². The van der Waals surface area contributed by atoms with Crippen LogP contribution in [-0.4, -0.2) is 62.9 Å². The lowest BCUT2D eigenvalue weighted by Crippen LogP contribution is -2.44. The number of hydrogen-bond acceptors (Lipinski definition) is 9. The van der Waals surface area contributed by atoms with Gasteiger partial charge in [0.05, 0.1) is 29.4 Å². The first kappa shape index (κ1) is 24.6. The van der Waals surface area contributed by atoms with E-state index in [1.54, 1.807) is 26.0 Å². The molecule has 0 bridgehead atoms. The molecule has 9 nitrogen and oxygen atoms in total. The van der Waals surface area contributed by atoms with Crippen LogP contribution in [0.1, 0.15) is 75.8 Å². The maximum atomic E-state index is 13.4. The molecule has 9 heteroatoms. The lowest BCUT2D eigenvalue weighted by atomic mass is 9.74. The van der Waals surface area contributed by atoms with Crippen LogP contribution in [0.4, 0.5) is 0 Å². The minimum Gasteiger partial charge on any atom is -0.507 e. The maximum absolute atomic E-state index is 13.4. The Bertz CT molecular complexity index is 1270. The number of benzene rings is 2. The number of fused-ring (bicyclic) bond motifs is 3. The van der Waals surface area contributed by atoms with Crippen LogP contribution >= 0.6 is 0 Å². The van der Waals surface area contributed by atoms with Crippen LogP contribution < -0.4 is 0 Å². The molecule has 3 unspecified atom stereocenters. The van der Waals surface area contributed by atoms with Crippen molar-refractivity contribution >= 4 is 17.3 Å². The Morgan fingerprint density at radius 2 is 1.64 bits per heavy atom. The Morgan fingerprint density at radius 1 is 1.03 bits per heavy atom. The first-order valence-electron chi connectivity index (χ1n) is 12.1. The summed E-state index contributed by atoms with van der Waals surface area (Å²) < 4.78 is 12.1. The zero-order valence-corrected chi connectivity index (χ0v) is 19.9. The van der Waals surface area contributed by atoms with Gasteiger partial charge in [0.25, 0.3) is 0 Å². The maximum Gasteiger partial charge on any atom is 0.198 e. The van der Waals surface area contributed by atoms with Crippen LogP contribution in [0.5, 0.6) is 11.5 Å². The van der Waals surface area contributed by atoms with Crippen LogP contribution in [0.15, 0.2) is 24.3 Å². The SMILES string of the molecule is CC1CC(O)[C@@H](C)[C@H](O[C@H]2CC(C(=O)CO)Cc3c(O)c4c(c(O)c32)C(=O)c2ccccc2C4=O)O1. The molecule has 36 heavy (non-hydrogen) atoms. The number of phenolic OH excluding ortho intramolecular Hbond substituents is 2. The smallest absolute Gasteiger partial charge is 0.198 e. The van der Waals surface area contributed by atoms with Gasteiger partial charge in [0, 0.05) is 34.1 Å². The highest BCUT2D eigenvalue weighted by Gasteiger charge is 2.44. The third-order valence-electron chi connectivity index (χ3n) is 7.62. The standard InChI is InChI=1S/C27H28O9/c1-11-7-17(29)12(2)27(35-11)36-19-9-13(18(30)10-28)8-16-20(19)26(34)22-21(25(16)33)23(31)14-5-3-4-6-15(14)24(22)32/h3-6,11-13,17,19,27-29,33-34H,7-10H2,1-2H3/t11?,12-,13?,17?,19+,27+/m1/s1. The normalized spacial score (nSPS) is 29.3. The summed E-state index contributed by atoms with van der Waals surface area (Å²) in [6.07, 6.45) is -2.48. The second kappa shape index (κ2) is 9.08. The molecule has 4 N–H and O–H groups in total. The summed E-state index contributed by atoms with van der Waals surface area (Å²) in [6, 6.07) is 6.17. The lowest BCUT2D eigenvalue weighted by molar-refractivity contribution is -0.260. The Balaban J connectivity index is 1.66. The van der Waals surface area contributed by atoms with Crippen molar-refractivity contribution in [3.63, 3.8) is 0 Å². The van der Waals surface area contributed by atoms with Crippen LogP contribution in [-0.2, 0) is 20.7 Å². The summed E-state index contributed by atoms with van der Waals surface area (Å²) in [5.41, 5.74) is -0.154. The van der Waals surface area contributed by atoms with Gasteiger partial charge in [0.1, 0.15) is 18.1 Å². The van der Waals surface area contributed by atoms with Gasteiger partial charge in [-0.1, -0.05) is 31.2 Å². The third kappa shape index (κ3) is 3.74. The van der Waals surface area contributed by atoms with E-state index in [9.17, 15) is 34.8 Å². The zero-order chi connectivity index (χ0) is 25.9. The van der Waals surface area contributed by atoms with E-state index >= 15 is 0 Å². The number of ketones is 3. The van der Waals surface area contributed by atoms with E-state index in [1.807, 2.05) is 0 Å². The molecular formula is C27H28O9. The molecule has 0 aromatic heterocycles. The highest BCUT2D eigenvalue weighted by molar-refractivity contribution is 6.30. The summed E-state index contributed by atoms with van der Waals surface area (Å²) in [5.74, 6) is -3.85. The summed E-state index contributed by atoms with van der Waals surface area (Å²) in [6.45, 7) is 2.83. The Labute approximate surface area is 207 Å². The van der Waals surface area contributed by atoms with E-state index in [0.717, 1.165) is 0 Å². The molecule has 0 spiro atoms. The topological polar surface area (TPSA) is 151 Å². The van der Waals surface area contributed by atoms with Crippen molar-refractivity contribution in [2.24, 2.45) is 11.8 Å². The molecule has 1 aliphatic heterocycles. The third-order valence-corrected chi connectivity index (χ3v) is 7.62. The van der Waals surface area contributed by atoms with Gasteiger partial charge in [0.2, 0.25) is 0 Å². The van der Waals surface area contributed by atoms with Gasteiger partial charge in [-0.15, -0.1) is 0 Å². The minimum absolute atomic E-state index is 0.0496. The number of aromatic hydroxyl groups is 2. The molecule has 6 atom stereocenters. The summed E-state index contributed by atoms with van der Waals surface area (Å²) in [4.78, 5) is 39.2. The molecular weight excluding hydrogens is 468 g/mol. The van der Waals surface area contributed by atoms with E-state index in [-0.39, 0.29) is 52.3 Å². The molecule has 2 aromatic rings. The van der Waals surface area contributed by atoms with Gasteiger partial charge in [-0.05, 0) is 26.2 Å². The fraction of sp³-hybridized carbons (Fsp3) is 0.444. The van der Waals surface area contributed by atoms with Crippen molar-refractivity contribution in [1.82, 2.24) is 0 Å². The number of carbonyl (C=O) groups is 3. The number of aliphatic hydroxyl groups excluding tert-OH is 2. The van der Waals surface area contributed by atoms with E-state index in [0.29, 0.717) is 6.42 Å². The molecule has 0 radical (unpaired) electrons. The van der Waals surface area contributed by atoms with Crippen LogP contribution in [0.3, 0.4) is 0 Å². The predicted octanol–water partition coefficient (Wildman–Crippen LogP) is 2.19. The number of phenols is 2. The van der Waals surface area contributed by atoms with Gasteiger partial charge in [-0.2, -0.15) is 0 Å². The average Bonchev–Trinajstić information content (AvgIpc) is 2.86. The number of Topliss-reactive ketones (excluding diaryl/α,β-unsaturated/α-hetero) is 1. The van der Waals surface area contributed by atoms with E-state index in [4.69, 9.17) is 9.47 Å². The molecule has 0 saturated carbocycles. The molecule has 190 valence electrons. The monoisotopic (exact) mass is 496 g/mol. The number of aliphatic hydroxyl groups is 2. The number of ether oxygens (including phenoxy) is 2. The van der Waals surface area contributed by atoms with Gasteiger partial charge in [0.15, 0.2) is 23.6 Å². The Morgan fingerprint density at radius 3 is 2.25 bits per heavy atom. The Kier molecular flexibility index (Phi) is 6.20. The van der Waals surface area contributed by atoms with Gasteiger partial charge < -0.3 is 29.9 Å². The van der Waals surface area contributed by atoms with Crippen molar-refractivity contribution in [3.8, 4) is 11.5 Å². The molecule has 5 rings (SSSR count). The van der Waals surface area contributed by atoms with Crippen molar-refractivity contribution in [3.05, 3.63) is 57.6 Å². The molecule has 1 saturated heterocycles. The molecule has 0 amide bonds. The van der Waals surface area contributed by atoms with Crippen molar-refractivity contribution in [2.75, 3.05) is 6.61 Å². The first-order chi connectivity index (χ1) is 17.1. The number of rotatable bonds is 4. The second-order valence-corrected chi connectivity index (χ2v) is 9.91. The van der Waals surface area contributed by atoms with Crippen molar-refractivity contribution < 1.29 is 44.3 Å². The molecule has 1 heterocycles. The highest BCUT2D eigenvalue weighted by atomic mass is 16.7. The van der Waals surface area contributed by atoms with E-state index < -0.39 is 65.8 Å². The fourth-order valence-electron chi connectivity index (χ4n) is 5.60. The molecule has 2 aromatic carbocycles. The highest BCUT2D eigenvalue weighted by Crippen LogP contribution is 2.51. The lowest BCUT2D eigenvalue weighted by Gasteiger charge is -2.41. The largest absolute Gasteiger partial charge is 0.507 e. The average molecular weight is 497 g/mol. The number of carbonyl (C=O) groups excluding carboxylic acids is 3. The summed E-state index contributed by atoms with van der Waals surface area (Å²) in [7, 11) is 0. The Hall–Kier alpha value is -3.11. The summed E-state index contributed by atoms with van der Waals surface area (Å²) in [5, 5.41) is 42.6. The van der Waals surface area contributed by atoms with Crippen molar-refractivity contribution in [2.45, 2.75) is 57.7 Å². The van der Waals surface area contributed by atoms with Gasteiger partial charge >= 0.3 is 0 Å². The van der Waals surface area contributed by atoms with E-state index in [2.05, 4.69) is 0 Å². The number of hydrogen-bond donors (Lipinski definition) is 4. The summed E-state index contributed by atoms with van der Waals surface area (Å²) >= 11 is 0. The van der Waals surface area contributed by atoms with Crippen LogP contribution in [0.25, 0.3) is 0 Å².